The van der Waals surface area contributed by atoms with E-state index in [0.717, 1.165) is 23.7 Å². The van der Waals surface area contributed by atoms with Crippen LogP contribution in [0.5, 0.6) is 0 Å². The largest absolute Gasteiger partial charge is 0.0537 e. The van der Waals surface area contributed by atoms with Gasteiger partial charge in [-0.3, -0.25) is 0 Å². The summed E-state index contributed by atoms with van der Waals surface area (Å²) in [7, 11) is 0. The molecule has 1 spiro atoms. The summed E-state index contributed by atoms with van der Waals surface area (Å²) in [6.45, 7) is 0. The fourth-order valence-electron chi connectivity index (χ4n) is 8.71. The molecule has 4 aromatic carbocycles. The van der Waals surface area contributed by atoms with Gasteiger partial charge in [0.25, 0.3) is 0 Å². The Morgan fingerprint density at radius 3 is 2.00 bits per heavy atom. The van der Waals surface area contributed by atoms with Crippen molar-refractivity contribution in [3.05, 3.63) is 80.7 Å². The Balaban J connectivity index is 1.53. The summed E-state index contributed by atoms with van der Waals surface area (Å²) in [4.78, 5) is 0. The average molecular weight is 544 g/mol. The first-order valence-electron chi connectivity index (χ1n) is 12.1. The predicted molar refractivity (Wildman–Crippen MR) is 140 cm³/mol. The van der Waals surface area contributed by atoms with Crippen LogP contribution in [0.25, 0.3) is 32.7 Å². The second-order valence-corrected chi connectivity index (χ2v) is 12.7. The van der Waals surface area contributed by atoms with E-state index in [-0.39, 0.29) is 5.41 Å². The van der Waals surface area contributed by atoms with Gasteiger partial charge in [-0.15, -0.1) is 0 Å². The first-order valence-corrected chi connectivity index (χ1v) is 13.7. The van der Waals surface area contributed by atoms with Gasteiger partial charge in [0.05, 0.1) is 0 Å². The average Bonchev–Trinajstić information content (AvgIpc) is 3.06. The van der Waals surface area contributed by atoms with Crippen molar-refractivity contribution in [2.24, 2.45) is 23.7 Å². The van der Waals surface area contributed by atoms with Gasteiger partial charge in [0, 0.05) is 14.4 Å². The highest BCUT2D eigenvalue weighted by molar-refractivity contribution is 9.10. The van der Waals surface area contributed by atoms with Gasteiger partial charge in [0.1, 0.15) is 0 Å². The SMILES string of the molecule is Brc1ccc2cc3c(cc2c1)C1(c2c-3ccc3ccc(Br)cc23)C2CC3CC(C2)CC1C3. The fourth-order valence-corrected chi connectivity index (χ4v) is 9.45. The van der Waals surface area contributed by atoms with Crippen molar-refractivity contribution >= 4 is 53.4 Å². The minimum Gasteiger partial charge on any atom is -0.0537 e. The maximum atomic E-state index is 3.80. The Bertz CT molecular complexity index is 1440. The molecule has 4 bridgehead atoms. The molecule has 32 heavy (non-hydrogen) atoms. The maximum Gasteiger partial charge on any atom is 0.0278 e. The molecular formula is C30H24Br2. The highest BCUT2D eigenvalue weighted by Gasteiger charge is 2.62. The molecule has 0 aromatic heterocycles. The van der Waals surface area contributed by atoms with Gasteiger partial charge in [-0.05, 0) is 136 Å². The van der Waals surface area contributed by atoms with Crippen LogP contribution in [0.3, 0.4) is 0 Å². The van der Waals surface area contributed by atoms with E-state index in [1.807, 2.05) is 0 Å². The number of rotatable bonds is 0. The smallest absolute Gasteiger partial charge is 0.0278 e. The lowest BCUT2D eigenvalue weighted by Gasteiger charge is -2.61. The van der Waals surface area contributed by atoms with Crippen LogP contribution in [0, 0.1) is 23.7 Å². The van der Waals surface area contributed by atoms with Crippen molar-refractivity contribution in [1.29, 1.82) is 0 Å². The molecule has 0 atom stereocenters. The van der Waals surface area contributed by atoms with Crippen molar-refractivity contribution < 1.29 is 0 Å². The fraction of sp³-hybridized carbons (Fsp3) is 0.333. The van der Waals surface area contributed by atoms with Gasteiger partial charge in [-0.2, -0.15) is 0 Å². The molecule has 0 unspecified atom stereocenters. The summed E-state index contributed by atoms with van der Waals surface area (Å²) in [6.07, 6.45) is 7.19. The Morgan fingerprint density at radius 2 is 1.25 bits per heavy atom. The van der Waals surface area contributed by atoms with E-state index < -0.39 is 0 Å². The number of hydrogen-bond donors (Lipinski definition) is 0. The summed E-state index contributed by atoms with van der Waals surface area (Å²) < 4.78 is 2.37. The summed E-state index contributed by atoms with van der Waals surface area (Å²) in [5, 5.41) is 5.60. The van der Waals surface area contributed by atoms with Gasteiger partial charge >= 0.3 is 0 Å². The van der Waals surface area contributed by atoms with Crippen molar-refractivity contribution in [2.75, 3.05) is 0 Å². The summed E-state index contributed by atoms with van der Waals surface area (Å²) in [6, 6.07) is 23.6. The zero-order valence-electron chi connectivity index (χ0n) is 17.9. The quantitative estimate of drug-likeness (QED) is 0.207. The van der Waals surface area contributed by atoms with Crippen LogP contribution in [-0.2, 0) is 5.41 Å². The third kappa shape index (κ3) is 2.24. The normalized spacial score (nSPS) is 31.6. The lowest BCUT2D eigenvalue weighted by Crippen LogP contribution is -2.55. The number of benzene rings is 4. The number of halogens is 2. The van der Waals surface area contributed by atoms with Crippen molar-refractivity contribution in [3.63, 3.8) is 0 Å². The lowest BCUT2D eigenvalue weighted by molar-refractivity contribution is -0.0393. The van der Waals surface area contributed by atoms with E-state index in [0.29, 0.717) is 0 Å². The molecule has 0 radical (unpaired) electrons. The highest BCUT2D eigenvalue weighted by Crippen LogP contribution is 2.70. The molecule has 4 saturated carbocycles. The standard InChI is InChI=1S/C30H24Br2/c31-23-5-2-19-13-27-25-6-3-18-1-4-24(32)15-26(18)29(25)30(28(27)14-20(19)12-23)21-8-16-7-17(10-21)11-22(30)9-16/h1-6,12-17,21-22H,7-11H2. The van der Waals surface area contributed by atoms with Crippen molar-refractivity contribution in [3.8, 4) is 11.1 Å². The zero-order chi connectivity index (χ0) is 21.2. The van der Waals surface area contributed by atoms with Crippen molar-refractivity contribution in [1.82, 2.24) is 0 Å². The van der Waals surface area contributed by atoms with E-state index in [1.165, 1.54) is 73.7 Å². The summed E-state index contributed by atoms with van der Waals surface area (Å²) >= 11 is 7.53. The van der Waals surface area contributed by atoms with E-state index >= 15 is 0 Å². The molecule has 9 rings (SSSR count). The van der Waals surface area contributed by atoms with Crippen LogP contribution in [0.4, 0.5) is 0 Å². The Kier molecular flexibility index (Phi) is 3.67. The third-order valence-corrected chi connectivity index (χ3v) is 10.5. The molecule has 0 saturated heterocycles. The van der Waals surface area contributed by atoms with Crippen molar-refractivity contribution in [2.45, 2.75) is 37.5 Å². The van der Waals surface area contributed by atoms with Crippen LogP contribution >= 0.6 is 31.9 Å². The summed E-state index contributed by atoms with van der Waals surface area (Å²) in [5.74, 6) is 3.50. The molecule has 4 fully saturated rings. The summed E-state index contributed by atoms with van der Waals surface area (Å²) in [5.41, 5.74) is 6.50. The number of hydrogen-bond acceptors (Lipinski definition) is 0. The zero-order valence-corrected chi connectivity index (χ0v) is 21.0. The maximum absolute atomic E-state index is 3.80. The van der Waals surface area contributed by atoms with E-state index in [2.05, 4.69) is 92.5 Å². The van der Waals surface area contributed by atoms with Crippen LogP contribution in [0.2, 0.25) is 0 Å². The topological polar surface area (TPSA) is 0 Å². The second-order valence-electron chi connectivity index (χ2n) is 10.9. The van der Waals surface area contributed by atoms with Crippen LogP contribution < -0.4 is 0 Å². The number of fused-ring (bicyclic) bond motifs is 6. The molecule has 0 nitrogen and oxygen atoms in total. The third-order valence-electron chi connectivity index (χ3n) is 9.50. The second kappa shape index (κ2) is 6.27. The molecule has 0 heterocycles. The van der Waals surface area contributed by atoms with Gasteiger partial charge < -0.3 is 0 Å². The molecular weight excluding hydrogens is 520 g/mol. The minimum absolute atomic E-state index is 0.189. The molecule has 5 aliphatic rings. The Morgan fingerprint density at radius 1 is 0.594 bits per heavy atom. The van der Waals surface area contributed by atoms with Gasteiger partial charge in [-0.1, -0.05) is 56.1 Å². The van der Waals surface area contributed by atoms with Gasteiger partial charge in [0.2, 0.25) is 0 Å². The van der Waals surface area contributed by atoms with E-state index in [9.17, 15) is 0 Å². The first-order chi connectivity index (χ1) is 15.6. The van der Waals surface area contributed by atoms with Gasteiger partial charge in [-0.25, -0.2) is 0 Å². The van der Waals surface area contributed by atoms with Gasteiger partial charge in [0.15, 0.2) is 0 Å². The lowest BCUT2D eigenvalue weighted by atomic mass is 9.43. The van der Waals surface area contributed by atoms with E-state index in [1.54, 1.807) is 11.1 Å². The van der Waals surface area contributed by atoms with E-state index in [4.69, 9.17) is 0 Å². The monoisotopic (exact) mass is 542 g/mol. The molecule has 158 valence electrons. The first kappa shape index (κ1) is 18.7. The van der Waals surface area contributed by atoms with Crippen LogP contribution in [0.1, 0.15) is 43.2 Å². The Labute approximate surface area is 205 Å². The molecule has 5 aliphatic carbocycles. The molecule has 0 aliphatic heterocycles. The van der Waals surface area contributed by atoms with Crippen LogP contribution in [-0.4, -0.2) is 0 Å². The predicted octanol–water partition coefficient (Wildman–Crippen LogP) is 9.24. The minimum atomic E-state index is 0.189. The molecule has 0 N–H and O–H groups in total. The Hall–Kier alpha value is -1.64. The molecule has 0 amide bonds. The highest BCUT2D eigenvalue weighted by atomic mass is 79.9. The van der Waals surface area contributed by atoms with Crippen LogP contribution in [0.15, 0.2) is 69.6 Å². The molecule has 4 aromatic rings. The molecule has 2 heteroatoms.